The van der Waals surface area contributed by atoms with Crippen molar-refractivity contribution in [2.75, 3.05) is 39.6 Å². The van der Waals surface area contributed by atoms with Crippen molar-refractivity contribution in [1.29, 1.82) is 0 Å². The first-order valence-corrected chi connectivity index (χ1v) is 39.5. The molecule has 0 saturated heterocycles. The van der Waals surface area contributed by atoms with Gasteiger partial charge in [-0.05, 0) is 37.5 Å². The van der Waals surface area contributed by atoms with Crippen LogP contribution in [0.5, 0.6) is 0 Å². The molecule has 0 amide bonds. The van der Waals surface area contributed by atoms with E-state index in [-0.39, 0.29) is 25.7 Å². The van der Waals surface area contributed by atoms with E-state index < -0.39 is 97.5 Å². The summed E-state index contributed by atoms with van der Waals surface area (Å²) in [5.41, 5.74) is 0. The number of aliphatic hydroxyl groups is 1. The maximum atomic E-state index is 13.0. The molecule has 19 heteroatoms. The molecule has 0 aromatic rings. The van der Waals surface area contributed by atoms with Crippen LogP contribution in [0.1, 0.15) is 356 Å². The fraction of sp³-hybridized carbons (Fsp3) is 0.943. The van der Waals surface area contributed by atoms with Crippen LogP contribution in [0.4, 0.5) is 0 Å². The van der Waals surface area contributed by atoms with Crippen LogP contribution in [-0.4, -0.2) is 96.7 Å². The minimum Gasteiger partial charge on any atom is -0.462 e. The minimum absolute atomic E-state index is 0.105. The second kappa shape index (κ2) is 62.2. The molecule has 3 N–H and O–H groups in total. The van der Waals surface area contributed by atoms with Gasteiger partial charge in [-0.25, -0.2) is 9.13 Å². The molecule has 0 spiro atoms. The summed E-state index contributed by atoms with van der Waals surface area (Å²) in [6.07, 6.45) is 47.0. The quantitative estimate of drug-likeness (QED) is 0.0222. The molecule has 0 aromatic carbocycles. The highest BCUT2D eigenvalue weighted by molar-refractivity contribution is 7.47. The third-order valence-corrected chi connectivity index (χ3v) is 18.5. The summed E-state index contributed by atoms with van der Waals surface area (Å²) in [6, 6.07) is 0. The Balaban J connectivity index is 5.26. The molecule has 0 saturated carbocycles. The van der Waals surface area contributed by atoms with Gasteiger partial charge in [-0.2, -0.15) is 0 Å². The molecule has 0 heterocycles. The SMILES string of the molecule is CCCCCCCCCCCCCCCC(=O)OC[C@H](COP(=O)(O)OC[C@@H](O)COP(=O)(O)OC[C@@H](COC(=O)CCCCCCCCCCCCC)OC(=O)CCCCCCCCCCC(C)C)OC(=O)CCCCCCCCCCCCC(C)CC. The van der Waals surface area contributed by atoms with Gasteiger partial charge in [-0.3, -0.25) is 37.3 Å². The van der Waals surface area contributed by atoms with Crippen LogP contribution >= 0.6 is 15.6 Å². The first-order valence-electron chi connectivity index (χ1n) is 36.5. The Kier molecular flexibility index (Phi) is 60.8. The van der Waals surface area contributed by atoms with Crippen LogP contribution in [-0.2, 0) is 65.4 Å². The third-order valence-electron chi connectivity index (χ3n) is 16.6. The number of carbonyl (C=O) groups excluding carboxylic acids is 4. The molecule has 0 aliphatic heterocycles. The van der Waals surface area contributed by atoms with E-state index in [0.29, 0.717) is 25.7 Å². The number of hydrogen-bond acceptors (Lipinski definition) is 15. The molecule has 0 aliphatic rings. The van der Waals surface area contributed by atoms with Crippen LogP contribution in [0.15, 0.2) is 0 Å². The molecule has 17 nitrogen and oxygen atoms in total. The summed E-state index contributed by atoms with van der Waals surface area (Å²) in [7, 11) is -9.90. The molecule has 0 rings (SSSR count). The van der Waals surface area contributed by atoms with Crippen molar-refractivity contribution in [3.05, 3.63) is 0 Å². The number of rotatable bonds is 69. The van der Waals surface area contributed by atoms with E-state index >= 15 is 0 Å². The van der Waals surface area contributed by atoms with Crippen LogP contribution in [0, 0.1) is 11.8 Å². The van der Waals surface area contributed by atoms with Crippen molar-refractivity contribution in [3.8, 4) is 0 Å². The van der Waals surface area contributed by atoms with Gasteiger partial charge in [0.15, 0.2) is 12.2 Å². The average Bonchev–Trinajstić information content (AvgIpc) is 3.62. The number of hydrogen-bond donors (Lipinski definition) is 3. The molecule has 0 bridgehead atoms. The highest BCUT2D eigenvalue weighted by Crippen LogP contribution is 2.45. The van der Waals surface area contributed by atoms with E-state index in [2.05, 4.69) is 41.5 Å². The molecule has 0 fully saturated rings. The van der Waals surface area contributed by atoms with Crippen molar-refractivity contribution >= 4 is 39.5 Å². The summed E-state index contributed by atoms with van der Waals surface area (Å²) in [4.78, 5) is 72.5. The van der Waals surface area contributed by atoms with Gasteiger partial charge >= 0.3 is 39.5 Å². The maximum absolute atomic E-state index is 13.0. The van der Waals surface area contributed by atoms with Crippen LogP contribution in [0.25, 0.3) is 0 Å². The Bertz CT molecular complexity index is 1740. The zero-order valence-corrected chi connectivity index (χ0v) is 59.5. The summed E-state index contributed by atoms with van der Waals surface area (Å²) in [6.45, 7) is 9.53. The van der Waals surface area contributed by atoms with Crippen molar-refractivity contribution in [2.45, 2.75) is 374 Å². The standard InChI is InChI=1S/C70H136O17P2/c1-7-10-12-14-16-18-20-21-23-28-35-41-47-53-68(73)81-58-65(86-69(74)54-48-42-36-29-25-24-26-33-39-45-51-63(6)9-3)60-84-88(76,77)82-56-64(71)57-83-89(78,79)85-61-66(87-70(75)55-49-43-37-31-30-32-38-44-50-62(4)5)59-80-67(72)52-46-40-34-27-22-19-17-15-13-11-8-2/h62-66,71H,7-61H2,1-6H3,(H,76,77)(H,78,79)/t63?,64-,65-,66-/m1/s1. The van der Waals surface area contributed by atoms with Crippen LogP contribution in [0.2, 0.25) is 0 Å². The Morgan fingerprint density at radius 2 is 0.573 bits per heavy atom. The minimum atomic E-state index is -4.95. The lowest BCUT2D eigenvalue weighted by Crippen LogP contribution is -2.30. The number of unbranched alkanes of at least 4 members (excludes halogenated alkanes) is 38. The van der Waals surface area contributed by atoms with E-state index in [1.54, 1.807) is 0 Å². The molecule has 0 aliphatic carbocycles. The topological polar surface area (TPSA) is 237 Å². The summed E-state index contributed by atoms with van der Waals surface area (Å²) < 4.78 is 68.3. The Labute approximate surface area is 543 Å². The molecule has 0 aromatic heterocycles. The van der Waals surface area contributed by atoms with E-state index in [1.807, 2.05) is 0 Å². The normalized spacial score (nSPS) is 14.4. The van der Waals surface area contributed by atoms with Gasteiger partial charge in [-0.1, -0.05) is 305 Å². The van der Waals surface area contributed by atoms with Crippen LogP contribution < -0.4 is 0 Å². The molecular formula is C70H136O17P2. The maximum Gasteiger partial charge on any atom is 0.472 e. The smallest absolute Gasteiger partial charge is 0.462 e. The second-order valence-corrected chi connectivity index (χ2v) is 28.9. The first-order chi connectivity index (χ1) is 42.9. The highest BCUT2D eigenvalue weighted by Gasteiger charge is 2.30. The van der Waals surface area contributed by atoms with Gasteiger partial charge < -0.3 is 33.8 Å². The number of ether oxygens (including phenoxy) is 4. The fourth-order valence-electron chi connectivity index (χ4n) is 10.6. The molecule has 6 atom stereocenters. The predicted octanol–water partition coefficient (Wildman–Crippen LogP) is 20.0. The fourth-order valence-corrected chi connectivity index (χ4v) is 12.1. The second-order valence-electron chi connectivity index (χ2n) is 26.0. The van der Waals surface area contributed by atoms with Gasteiger partial charge in [0.1, 0.15) is 19.3 Å². The van der Waals surface area contributed by atoms with Gasteiger partial charge in [0.25, 0.3) is 0 Å². The summed E-state index contributed by atoms with van der Waals surface area (Å²) >= 11 is 0. The number of phosphoric ester groups is 2. The largest absolute Gasteiger partial charge is 0.472 e. The van der Waals surface area contributed by atoms with Crippen molar-refractivity contribution in [1.82, 2.24) is 0 Å². The number of carbonyl (C=O) groups is 4. The lowest BCUT2D eigenvalue weighted by Gasteiger charge is -2.21. The van der Waals surface area contributed by atoms with E-state index in [1.165, 1.54) is 173 Å². The van der Waals surface area contributed by atoms with Crippen molar-refractivity contribution in [3.63, 3.8) is 0 Å². The summed E-state index contributed by atoms with van der Waals surface area (Å²) in [5, 5.41) is 10.6. The van der Waals surface area contributed by atoms with Crippen LogP contribution in [0.3, 0.4) is 0 Å². The molecule has 89 heavy (non-hydrogen) atoms. The summed E-state index contributed by atoms with van der Waals surface area (Å²) in [5.74, 6) is -0.603. The van der Waals surface area contributed by atoms with E-state index in [0.717, 1.165) is 102 Å². The molecule has 528 valence electrons. The van der Waals surface area contributed by atoms with E-state index in [9.17, 15) is 43.2 Å². The third kappa shape index (κ3) is 63.2. The lowest BCUT2D eigenvalue weighted by atomic mass is 9.99. The highest BCUT2D eigenvalue weighted by atomic mass is 31.2. The zero-order chi connectivity index (χ0) is 65.7. The number of esters is 4. The molecule has 3 unspecified atom stereocenters. The monoisotopic (exact) mass is 1310 g/mol. The van der Waals surface area contributed by atoms with E-state index in [4.69, 9.17) is 37.0 Å². The predicted molar refractivity (Wildman–Crippen MR) is 358 cm³/mol. The van der Waals surface area contributed by atoms with Gasteiger partial charge in [-0.15, -0.1) is 0 Å². The van der Waals surface area contributed by atoms with Crippen molar-refractivity contribution in [2.24, 2.45) is 11.8 Å². The Hall–Kier alpha value is -1.94. The lowest BCUT2D eigenvalue weighted by molar-refractivity contribution is -0.161. The van der Waals surface area contributed by atoms with Gasteiger partial charge in [0.05, 0.1) is 26.4 Å². The molecule has 0 radical (unpaired) electrons. The first kappa shape index (κ1) is 87.1. The number of aliphatic hydroxyl groups excluding tert-OH is 1. The van der Waals surface area contributed by atoms with Gasteiger partial charge in [0.2, 0.25) is 0 Å². The Morgan fingerprint density at radius 1 is 0.326 bits per heavy atom. The Morgan fingerprint density at radius 3 is 0.854 bits per heavy atom. The average molecular weight is 1310 g/mol. The zero-order valence-electron chi connectivity index (χ0n) is 57.7. The number of phosphoric acid groups is 2. The molecular weight excluding hydrogens is 1170 g/mol. The van der Waals surface area contributed by atoms with Crippen molar-refractivity contribution < 1.29 is 80.2 Å². The van der Waals surface area contributed by atoms with Gasteiger partial charge in [0, 0.05) is 25.7 Å².